The number of carbonyl (C=O) groups is 2. The molecule has 66 valence electrons. The Hall–Kier alpha value is -0.860. The van der Waals surface area contributed by atoms with E-state index in [1.54, 1.807) is 0 Å². The molecule has 3 nitrogen and oxygen atoms in total. The number of ketones is 1. The zero-order valence-corrected chi connectivity index (χ0v) is 7.08. The number of fused-ring (bicyclic) bond motifs is 4. The molecule has 3 fully saturated rings. The van der Waals surface area contributed by atoms with Crippen molar-refractivity contribution < 1.29 is 14.3 Å². The van der Waals surface area contributed by atoms with Crippen LogP contribution in [0.3, 0.4) is 0 Å². The molecular weight excluding hydrogens is 156 g/mol. The summed E-state index contributed by atoms with van der Waals surface area (Å²) in [5, 5.41) is 0. The van der Waals surface area contributed by atoms with Crippen molar-refractivity contribution in [1.82, 2.24) is 0 Å². The van der Waals surface area contributed by atoms with Crippen molar-refractivity contribution in [3.05, 3.63) is 0 Å². The van der Waals surface area contributed by atoms with Gasteiger partial charge in [-0.05, 0) is 18.8 Å². The van der Waals surface area contributed by atoms with E-state index in [9.17, 15) is 9.59 Å². The molecule has 0 radical (unpaired) electrons. The van der Waals surface area contributed by atoms with E-state index in [4.69, 9.17) is 4.74 Å². The molecule has 2 saturated heterocycles. The summed E-state index contributed by atoms with van der Waals surface area (Å²) < 4.78 is 5.09. The van der Waals surface area contributed by atoms with Gasteiger partial charge in [0.15, 0.2) is 0 Å². The number of carbonyl (C=O) groups excluding carboxylic acids is 2. The second-order valence-corrected chi connectivity index (χ2v) is 3.75. The van der Waals surface area contributed by atoms with Crippen LogP contribution >= 0.6 is 0 Å². The predicted molar refractivity (Wildman–Crippen MR) is 41.4 cm³/mol. The van der Waals surface area contributed by atoms with E-state index in [-0.39, 0.29) is 23.8 Å². The highest BCUT2D eigenvalue weighted by Gasteiger charge is 2.43. The van der Waals surface area contributed by atoms with Crippen LogP contribution < -0.4 is 0 Å². The van der Waals surface area contributed by atoms with E-state index in [1.165, 1.54) is 0 Å². The molecule has 0 N–H and O–H groups in total. The summed E-state index contributed by atoms with van der Waals surface area (Å²) in [6.45, 7) is 1.96. The van der Waals surface area contributed by atoms with Gasteiger partial charge >= 0.3 is 5.97 Å². The van der Waals surface area contributed by atoms with Gasteiger partial charge in [-0.3, -0.25) is 9.59 Å². The minimum atomic E-state index is -0.455. The van der Waals surface area contributed by atoms with Gasteiger partial charge in [0.1, 0.15) is 17.8 Å². The van der Waals surface area contributed by atoms with Gasteiger partial charge in [0.2, 0.25) is 0 Å². The molecule has 1 aliphatic carbocycles. The van der Waals surface area contributed by atoms with Crippen LogP contribution in [0, 0.1) is 11.8 Å². The van der Waals surface area contributed by atoms with Gasteiger partial charge in [-0.25, -0.2) is 0 Å². The Bertz CT molecular complexity index is 226. The fourth-order valence-electron chi connectivity index (χ4n) is 2.15. The molecule has 0 aromatic carbocycles. The third-order valence-corrected chi connectivity index (χ3v) is 2.80. The standard InChI is InChI=1S/C9H12O3/c1-5-4-6-2-3-7(10)8(5)9(11)12-6/h5-6,8H,2-4H2,1H3/t5-,6+,8+/m0/s1. The summed E-state index contributed by atoms with van der Waals surface area (Å²) in [4.78, 5) is 22.6. The van der Waals surface area contributed by atoms with Crippen molar-refractivity contribution in [3.63, 3.8) is 0 Å². The van der Waals surface area contributed by atoms with Gasteiger partial charge in [-0.2, -0.15) is 0 Å². The van der Waals surface area contributed by atoms with Gasteiger partial charge in [0, 0.05) is 6.42 Å². The fourth-order valence-corrected chi connectivity index (χ4v) is 2.15. The lowest BCUT2D eigenvalue weighted by atomic mass is 9.87. The zero-order chi connectivity index (χ0) is 8.72. The minimum Gasteiger partial charge on any atom is -0.462 e. The monoisotopic (exact) mass is 168 g/mol. The first-order valence-electron chi connectivity index (χ1n) is 4.41. The van der Waals surface area contributed by atoms with Crippen molar-refractivity contribution in [2.45, 2.75) is 32.3 Å². The molecule has 0 spiro atoms. The normalized spacial score (nSPS) is 40.9. The van der Waals surface area contributed by atoms with Crippen molar-refractivity contribution in [2.75, 3.05) is 0 Å². The third-order valence-electron chi connectivity index (χ3n) is 2.80. The molecule has 0 aromatic heterocycles. The molecule has 0 unspecified atom stereocenters. The lowest BCUT2D eigenvalue weighted by molar-refractivity contribution is -0.163. The first-order valence-corrected chi connectivity index (χ1v) is 4.41. The Morgan fingerprint density at radius 3 is 2.83 bits per heavy atom. The SMILES string of the molecule is C[C@H]1C[C@H]2CCC(=O)[C@@H]1C(=O)O2. The molecule has 0 amide bonds. The largest absolute Gasteiger partial charge is 0.462 e. The molecule has 3 aliphatic rings. The first kappa shape index (κ1) is 7.77. The van der Waals surface area contributed by atoms with Gasteiger partial charge in [-0.15, -0.1) is 0 Å². The molecule has 2 heterocycles. The van der Waals surface area contributed by atoms with Gasteiger partial charge in [0.05, 0.1) is 0 Å². The summed E-state index contributed by atoms with van der Waals surface area (Å²) in [7, 11) is 0. The Morgan fingerprint density at radius 2 is 2.17 bits per heavy atom. The average molecular weight is 168 g/mol. The van der Waals surface area contributed by atoms with Crippen LogP contribution in [0.25, 0.3) is 0 Å². The van der Waals surface area contributed by atoms with Crippen LogP contribution in [-0.4, -0.2) is 17.9 Å². The lowest BCUT2D eigenvalue weighted by Gasteiger charge is -2.27. The van der Waals surface area contributed by atoms with Crippen LogP contribution in [0.1, 0.15) is 26.2 Å². The molecule has 3 atom stereocenters. The van der Waals surface area contributed by atoms with Crippen LogP contribution in [0.4, 0.5) is 0 Å². The Kier molecular flexibility index (Phi) is 1.67. The zero-order valence-electron chi connectivity index (χ0n) is 7.08. The van der Waals surface area contributed by atoms with E-state index in [1.807, 2.05) is 6.92 Å². The van der Waals surface area contributed by atoms with Crippen LogP contribution in [0.5, 0.6) is 0 Å². The molecule has 3 rings (SSSR count). The Morgan fingerprint density at radius 1 is 1.42 bits per heavy atom. The summed E-state index contributed by atoms with van der Waals surface area (Å²) in [6, 6.07) is 0. The second-order valence-electron chi connectivity index (χ2n) is 3.75. The quantitative estimate of drug-likeness (QED) is 0.399. The van der Waals surface area contributed by atoms with Crippen LogP contribution in [0.15, 0.2) is 0 Å². The number of rotatable bonds is 0. The maximum absolute atomic E-state index is 11.4. The Labute approximate surface area is 71.1 Å². The van der Waals surface area contributed by atoms with Gasteiger partial charge in [-0.1, -0.05) is 6.92 Å². The van der Waals surface area contributed by atoms with Crippen molar-refractivity contribution in [3.8, 4) is 0 Å². The smallest absolute Gasteiger partial charge is 0.317 e. The van der Waals surface area contributed by atoms with E-state index >= 15 is 0 Å². The molecular formula is C9H12O3. The minimum absolute atomic E-state index is 0.00944. The second kappa shape index (κ2) is 2.57. The third kappa shape index (κ3) is 1.04. The maximum atomic E-state index is 11.4. The number of hydrogen-bond acceptors (Lipinski definition) is 3. The number of ether oxygens (including phenoxy) is 1. The van der Waals surface area contributed by atoms with Gasteiger partial charge in [0.25, 0.3) is 0 Å². The molecule has 12 heavy (non-hydrogen) atoms. The molecule has 2 aliphatic heterocycles. The first-order chi connectivity index (χ1) is 5.68. The van der Waals surface area contributed by atoms with Crippen molar-refractivity contribution >= 4 is 11.8 Å². The predicted octanol–water partition coefficient (Wildman–Crippen LogP) is 0.917. The summed E-state index contributed by atoms with van der Waals surface area (Å²) in [5.41, 5.74) is 0. The number of esters is 1. The van der Waals surface area contributed by atoms with Crippen LogP contribution in [0.2, 0.25) is 0 Å². The van der Waals surface area contributed by atoms with Crippen molar-refractivity contribution in [2.24, 2.45) is 11.8 Å². The average Bonchev–Trinajstić information content (AvgIpc) is 2.18. The molecule has 1 saturated carbocycles. The van der Waals surface area contributed by atoms with E-state index in [2.05, 4.69) is 0 Å². The summed E-state index contributed by atoms with van der Waals surface area (Å²) in [6.07, 6.45) is 2.12. The maximum Gasteiger partial charge on any atom is 0.317 e. The molecule has 2 bridgehead atoms. The van der Waals surface area contributed by atoms with Gasteiger partial charge < -0.3 is 4.74 Å². The highest BCUT2D eigenvalue weighted by molar-refractivity contribution is 6.00. The fraction of sp³-hybridized carbons (Fsp3) is 0.778. The van der Waals surface area contributed by atoms with Crippen molar-refractivity contribution in [1.29, 1.82) is 0 Å². The molecule has 0 aromatic rings. The number of hydrogen-bond donors (Lipinski definition) is 0. The lowest BCUT2D eigenvalue weighted by Crippen LogP contribution is -2.36. The number of Topliss-reactive ketones (excluding diaryl/α,β-unsaturated/α-hetero) is 1. The molecule has 3 heteroatoms. The highest BCUT2D eigenvalue weighted by Crippen LogP contribution is 2.34. The van der Waals surface area contributed by atoms with E-state index in [0.29, 0.717) is 6.42 Å². The topological polar surface area (TPSA) is 43.4 Å². The van der Waals surface area contributed by atoms with Crippen LogP contribution in [-0.2, 0) is 14.3 Å². The van der Waals surface area contributed by atoms with E-state index < -0.39 is 5.92 Å². The summed E-state index contributed by atoms with van der Waals surface area (Å²) in [5.74, 6) is -0.483. The van der Waals surface area contributed by atoms with E-state index in [0.717, 1.165) is 12.8 Å². The highest BCUT2D eigenvalue weighted by atomic mass is 16.5. The summed E-state index contributed by atoms with van der Waals surface area (Å²) >= 11 is 0. The Balaban J connectivity index is 2.31.